The predicted molar refractivity (Wildman–Crippen MR) is 108 cm³/mol. The highest BCUT2D eigenvalue weighted by Crippen LogP contribution is 2.32. The van der Waals surface area contributed by atoms with E-state index in [1.807, 2.05) is 11.8 Å². The van der Waals surface area contributed by atoms with E-state index in [2.05, 4.69) is 15.1 Å². The summed E-state index contributed by atoms with van der Waals surface area (Å²) < 4.78 is 44.2. The number of H-pyrrole nitrogens is 1. The van der Waals surface area contributed by atoms with E-state index in [1.54, 1.807) is 11.0 Å². The lowest BCUT2D eigenvalue weighted by Gasteiger charge is -2.36. The maximum Gasteiger partial charge on any atom is 0.416 e. The average molecular weight is 447 g/mol. The van der Waals surface area contributed by atoms with Crippen molar-refractivity contribution < 1.29 is 22.5 Å². The zero-order valence-electron chi connectivity index (χ0n) is 17.1. The van der Waals surface area contributed by atoms with Crippen molar-refractivity contribution in [1.82, 2.24) is 24.9 Å². The Morgan fingerprint density at radius 1 is 1.16 bits per heavy atom. The van der Waals surface area contributed by atoms with Crippen LogP contribution in [0.15, 0.2) is 51.9 Å². The van der Waals surface area contributed by atoms with Gasteiger partial charge in [-0.1, -0.05) is 17.3 Å². The summed E-state index contributed by atoms with van der Waals surface area (Å²) in [6.45, 7) is 3.69. The molecule has 0 saturated carbocycles. The third-order valence-corrected chi connectivity index (χ3v) is 5.44. The van der Waals surface area contributed by atoms with Crippen molar-refractivity contribution in [1.29, 1.82) is 0 Å². The zero-order chi connectivity index (χ0) is 22.9. The molecule has 0 spiro atoms. The average Bonchev–Trinajstić information content (AvgIpc) is 3.28. The number of rotatable bonds is 4. The van der Waals surface area contributed by atoms with E-state index in [9.17, 15) is 22.8 Å². The van der Waals surface area contributed by atoms with Crippen molar-refractivity contribution in [3.63, 3.8) is 0 Å². The van der Waals surface area contributed by atoms with Gasteiger partial charge in [0.25, 0.3) is 11.5 Å². The Balaban J connectivity index is 1.42. The second-order valence-corrected chi connectivity index (χ2v) is 7.45. The molecule has 0 radical (unpaired) electrons. The zero-order valence-corrected chi connectivity index (χ0v) is 17.1. The maximum absolute atomic E-state index is 13.0. The lowest BCUT2D eigenvalue weighted by Crippen LogP contribution is -2.50. The van der Waals surface area contributed by atoms with Crippen LogP contribution in [0.5, 0.6) is 0 Å². The van der Waals surface area contributed by atoms with Crippen LogP contribution >= 0.6 is 0 Å². The van der Waals surface area contributed by atoms with Gasteiger partial charge in [0.1, 0.15) is 5.56 Å². The molecule has 3 heterocycles. The molecule has 0 aliphatic carbocycles. The fourth-order valence-electron chi connectivity index (χ4n) is 3.59. The van der Waals surface area contributed by atoms with E-state index in [1.165, 1.54) is 24.4 Å². The Kier molecular flexibility index (Phi) is 5.83. The fraction of sp³-hybridized carbons (Fsp3) is 0.333. The van der Waals surface area contributed by atoms with Crippen LogP contribution in [0.4, 0.5) is 13.2 Å². The van der Waals surface area contributed by atoms with Crippen LogP contribution in [0.3, 0.4) is 0 Å². The smallest absolute Gasteiger partial charge is 0.337 e. The number of hydrogen-bond donors (Lipinski definition) is 1. The number of amides is 1. The molecule has 32 heavy (non-hydrogen) atoms. The molecule has 1 fully saturated rings. The van der Waals surface area contributed by atoms with Crippen molar-refractivity contribution in [2.24, 2.45) is 0 Å². The van der Waals surface area contributed by atoms with Crippen molar-refractivity contribution >= 4 is 5.91 Å². The van der Waals surface area contributed by atoms with Crippen LogP contribution in [0.25, 0.3) is 11.4 Å². The predicted octanol–water partition coefficient (Wildman–Crippen LogP) is 2.96. The largest absolute Gasteiger partial charge is 0.416 e. The third-order valence-electron chi connectivity index (χ3n) is 5.44. The van der Waals surface area contributed by atoms with Gasteiger partial charge in [0, 0.05) is 37.9 Å². The van der Waals surface area contributed by atoms with Crippen LogP contribution in [0.1, 0.15) is 34.8 Å². The minimum atomic E-state index is -4.46. The summed E-state index contributed by atoms with van der Waals surface area (Å²) in [5.74, 6) is 0.0236. The Morgan fingerprint density at radius 2 is 1.91 bits per heavy atom. The quantitative estimate of drug-likeness (QED) is 0.661. The molecule has 2 aromatic heterocycles. The molecule has 1 aliphatic rings. The number of nitrogens with zero attached hydrogens (tertiary/aromatic N) is 4. The summed E-state index contributed by atoms with van der Waals surface area (Å²) in [6, 6.07) is 7.55. The first-order valence-corrected chi connectivity index (χ1v) is 9.96. The minimum absolute atomic E-state index is 0.0788. The standard InChI is InChI=1S/C21H20F3N5O3/c1-13(19-26-17(27-32-19)14-4-2-5-15(12-14)21(22,23)24)28-8-10-29(11-9-28)20(31)16-6-3-7-25-18(16)30/h2-7,12-13H,8-11H2,1H3,(H,25,30). The highest BCUT2D eigenvalue weighted by Gasteiger charge is 2.32. The van der Waals surface area contributed by atoms with Gasteiger partial charge in [0.15, 0.2) is 0 Å². The van der Waals surface area contributed by atoms with E-state index < -0.39 is 17.3 Å². The Hall–Kier alpha value is -3.47. The Labute approximate surface area is 180 Å². The normalized spacial score (nSPS) is 16.2. The van der Waals surface area contributed by atoms with Gasteiger partial charge in [-0.2, -0.15) is 18.2 Å². The Bertz CT molecular complexity index is 1170. The Morgan fingerprint density at radius 3 is 2.59 bits per heavy atom. The van der Waals surface area contributed by atoms with Gasteiger partial charge in [0.2, 0.25) is 11.7 Å². The minimum Gasteiger partial charge on any atom is -0.337 e. The summed E-state index contributed by atoms with van der Waals surface area (Å²) in [7, 11) is 0. The molecule has 1 atom stereocenters. The molecular formula is C21H20F3N5O3. The van der Waals surface area contributed by atoms with Gasteiger partial charge < -0.3 is 14.4 Å². The van der Waals surface area contributed by atoms with Crippen LogP contribution in [-0.2, 0) is 6.18 Å². The number of aromatic amines is 1. The van der Waals surface area contributed by atoms with Crippen LogP contribution < -0.4 is 5.56 Å². The highest BCUT2D eigenvalue weighted by atomic mass is 19.4. The lowest BCUT2D eigenvalue weighted by atomic mass is 10.1. The van der Waals surface area contributed by atoms with E-state index in [-0.39, 0.29) is 34.8 Å². The first kappa shape index (κ1) is 21.8. The van der Waals surface area contributed by atoms with E-state index in [0.29, 0.717) is 26.2 Å². The molecule has 3 aromatic rings. The monoisotopic (exact) mass is 447 g/mol. The summed E-state index contributed by atoms with van der Waals surface area (Å²) in [5, 5.41) is 3.84. The number of halogens is 3. The molecular weight excluding hydrogens is 427 g/mol. The van der Waals surface area contributed by atoms with Gasteiger partial charge >= 0.3 is 6.18 Å². The molecule has 0 bridgehead atoms. The molecule has 4 rings (SSSR count). The number of benzene rings is 1. The number of alkyl halides is 3. The summed E-state index contributed by atoms with van der Waals surface area (Å²) in [4.78, 5) is 34.9. The van der Waals surface area contributed by atoms with Crippen molar-refractivity contribution in [3.05, 3.63) is 70.0 Å². The second-order valence-electron chi connectivity index (χ2n) is 7.45. The number of aromatic nitrogens is 3. The molecule has 168 valence electrons. The van der Waals surface area contributed by atoms with E-state index >= 15 is 0 Å². The second kappa shape index (κ2) is 8.58. The first-order chi connectivity index (χ1) is 15.2. The molecule has 1 unspecified atom stereocenters. The molecule has 1 N–H and O–H groups in total. The summed E-state index contributed by atoms with van der Waals surface area (Å²) in [5.41, 5.74) is -0.907. The van der Waals surface area contributed by atoms with Gasteiger partial charge in [-0.05, 0) is 31.2 Å². The third kappa shape index (κ3) is 4.42. The topological polar surface area (TPSA) is 95.3 Å². The van der Waals surface area contributed by atoms with Crippen molar-refractivity contribution in [2.45, 2.75) is 19.1 Å². The molecule has 8 nitrogen and oxygen atoms in total. The molecule has 11 heteroatoms. The van der Waals surface area contributed by atoms with Gasteiger partial charge in [0.05, 0.1) is 11.6 Å². The highest BCUT2D eigenvalue weighted by molar-refractivity contribution is 5.93. The number of carbonyl (C=O) groups is 1. The number of carbonyl (C=O) groups excluding carboxylic acids is 1. The van der Waals surface area contributed by atoms with Gasteiger partial charge in [-0.15, -0.1) is 0 Å². The molecule has 1 saturated heterocycles. The van der Waals surface area contributed by atoms with Crippen molar-refractivity contribution in [2.75, 3.05) is 26.2 Å². The van der Waals surface area contributed by atoms with Crippen molar-refractivity contribution in [3.8, 4) is 11.4 Å². The van der Waals surface area contributed by atoms with Crippen LogP contribution in [0.2, 0.25) is 0 Å². The number of nitrogens with one attached hydrogen (secondary N) is 1. The summed E-state index contributed by atoms with van der Waals surface area (Å²) in [6.07, 6.45) is -2.99. The fourth-order valence-corrected chi connectivity index (χ4v) is 3.59. The lowest BCUT2D eigenvalue weighted by molar-refractivity contribution is -0.137. The maximum atomic E-state index is 13.0. The number of piperazine rings is 1. The van der Waals surface area contributed by atoms with Crippen LogP contribution in [-0.4, -0.2) is 57.0 Å². The van der Waals surface area contributed by atoms with Gasteiger partial charge in [-0.3, -0.25) is 14.5 Å². The number of pyridine rings is 1. The summed E-state index contributed by atoms with van der Waals surface area (Å²) >= 11 is 0. The van der Waals surface area contributed by atoms with Crippen LogP contribution in [0, 0.1) is 0 Å². The van der Waals surface area contributed by atoms with E-state index in [4.69, 9.17) is 4.52 Å². The first-order valence-electron chi connectivity index (χ1n) is 9.96. The number of hydrogen-bond acceptors (Lipinski definition) is 6. The van der Waals surface area contributed by atoms with Gasteiger partial charge in [-0.25, -0.2) is 0 Å². The SMILES string of the molecule is CC(c1nc(-c2cccc(C(F)(F)F)c2)no1)N1CCN(C(=O)c2ccc[nH]c2=O)CC1. The molecule has 1 amide bonds. The molecule has 1 aromatic carbocycles. The molecule has 1 aliphatic heterocycles. The van der Waals surface area contributed by atoms with E-state index in [0.717, 1.165) is 12.1 Å².